The Balaban J connectivity index is 1.45. The number of anilines is 1. The van der Waals surface area contributed by atoms with Crippen LogP contribution in [0.15, 0.2) is 28.8 Å². The average Bonchev–Trinajstić information content (AvgIpc) is 3.16. The molecule has 1 aliphatic rings. The van der Waals surface area contributed by atoms with Crippen LogP contribution in [-0.4, -0.2) is 49.3 Å². The van der Waals surface area contributed by atoms with Crippen LogP contribution in [0.1, 0.15) is 24.2 Å². The van der Waals surface area contributed by atoms with Gasteiger partial charge >= 0.3 is 6.03 Å². The molecule has 2 N–H and O–H groups in total. The third kappa shape index (κ3) is 5.18. The van der Waals surface area contributed by atoms with Gasteiger partial charge in [0.05, 0.1) is 14.2 Å². The highest BCUT2D eigenvalue weighted by atomic mass is 16.5. The van der Waals surface area contributed by atoms with E-state index in [-0.39, 0.29) is 17.9 Å². The van der Waals surface area contributed by atoms with Crippen molar-refractivity contribution in [1.82, 2.24) is 15.4 Å². The molecule has 29 heavy (non-hydrogen) atoms. The normalized spacial score (nSPS) is 14.4. The fourth-order valence-corrected chi connectivity index (χ4v) is 3.28. The second-order valence-electron chi connectivity index (χ2n) is 6.92. The first-order valence-electron chi connectivity index (χ1n) is 9.48. The molecule has 0 unspecified atom stereocenters. The van der Waals surface area contributed by atoms with Gasteiger partial charge in [-0.3, -0.25) is 4.79 Å². The molecule has 0 aliphatic carbocycles. The van der Waals surface area contributed by atoms with Crippen LogP contribution < -0.4 is 20.1 Å². The third-order valence-electron chi connectivity index (χ3n) is 4.92. The van der Waals surface area contributed by atoms with Crippen molar-refractivity contribution in [3.8, 4) is 11.5 Å². The molecule has 1 aliphatic heterocycles. The standard InChI is InChI=1S/C20H26N4O5/c1-13-10-18(23-29-13)22-19(25)15-6-8-24(9-7-15)20(26)21-12-14-4-5-16(27-2)17(11-14)28-3/h4-5,10-11,15H,6-9,12H2,1-3H3,(H,21,26)(H,22,23,25). The monoisotopic (exact) mass is 402 g/mol. The number of rotatable bonds is 6. The summed E-state index contributed by atoms with van der Waals surface area (Å²) in [7, 11) is 3.15. The molecule has 156 valence electrons. The van der Waals surface area contributed by atoms with E-state index >= 15 is 0 Å². The number of amides is 3. The van der Waals surface area contributed by atoms with Gasteiger partial charge in [0.2, 0.25) is 5.91 Å². The van der Waals surface area contributed by atoms with Gasteiger partial charge in [-0.2, -0.15) is 0 Å². The number of likely N-dealkylation sites (tertiary alicyclic amines) is 1. The van der Waals surface area contributed by atoms with E-state index in [1.165, 1.54) is 0 Å². The van der Waals surface area contributed by atoms with E-state index in [1.54, 1.807) is 38.2 Å². The number of hydrogen-bond acceptors (Lipinski definition) is 6. The van der Waals surface area contributed by atoms with Gasteiger partial charge in [-0.15, -0.1) is 0 Å². The number of piperidine rings is 1. The summed E-state index contributed by atoms with van der Waals surface area (Å²) in [6.45, 7) is 3.19. The van der Waals surface area contributed by atoms with Crippen LogP contribution in [0.4, 0.5) is 10.6 Å². The second kappa shape index (κ2) is 9.31. The lowest BCUT2D eigenvalue weighted by Crippen LogP contribution is -2.45. The number of ether oxygens (including phenoxy) is 2. The molecule has 3 rings (SSSR count). The summed E-state index contributed by atoms with van der Waals surface area (Å²) in [6, 6.07) is 7.05. The minimum Gasteiger partial charge on any atom is -0.493 e. The van der Waals surface area contributed by atoms with Crippen molar-refractivity contribution in [3.63, 3.8) is 0 Å². The molecule has 1 fully saturated rings. The molecular weight excluding hydrogens is 376 g/mol. The molecule has 0 spiro atoms. The SMILES string of the molecule is COc1ccc(CNC(=O)N2CCC(C(=O)Nc3cc(C)on3)CC2)cc1OC. The number of carbonyl (C=O) groups excluding carboxylic acids is 2. The van der Waals surface area contributed by atoms with Gasteiger partial charge in [-0.25, -0.2) is 4.79 Å². The van der Waals surface area contributed by atoms with E-state index in [0.29, 0.717) is 55.6 Å². The lowest BCUT2D eigenvalue weighted by molar-refractivity contribution is -0.121. The molecule has 1 saturated heterocycles. The van der Waals surface area contributed by atoms with Crippen LogP contribution in [0.3, 0.4) is 0 Å². The lowest BCUT2D eigenvalue weighted by Gasteiger charge is -2.31. The number of nitrogens with one attached hydrogen (secondary N) is 2. The Hall–Kier alpha value is -3.23. The first-order chi connectivity index (χ1) is 14.0. The molecule has 0 bridgehead atoms. The quantitative estimate of drug-likeness (QED) is 0.769. The zero-order valence-corrected chi connectivity index (χ0v) is 16.9. The summed E-state index contributed by atoms with van der Waals surface area (Å²) in [4.78, 5) is 26.5. The zero-order chi connectivity index (χ0) is 20.8. The van der Waals surface area contributed by atoms with Crippen LogP contribution in [0.5, 0.6) is 11.5 Å². The third-order valence-corrected chi connectivity index (χ3v) is 4.92. The fraction of sp³-hybridized carbons (Fsp3) is 0.450. The maximum atomic E-state index is 12.5. The van der Waals surface area contributed by atoms with Crippen LogP contribution in [0.25, 0.3) is 0 Å². The number of urea groups is 1. The molecule has 3 amide bonds. The minimum atomic E-state index is -0.151. The average molecular weight is 402 g/mol. The van der Waals surface area contributed by atoms with Gasteiger partial charge in [0.15, 0.2) is 17.3 Å². The smallest absolute Gasteiger partial charge is 0.317 e. The second-order valence-corrected chi connectivity index (χ2v) is 6.92. The van der Waals surface area contributed by atoms with Crippen molar-refractivity contribution in [2.75, 3.05) is 32.6 Å². The van der Waals surface area contributed by atoms with Gasteiger partial charge in [0, 0.05) is 31.6 Å². The highest BCUT2D eigenvalue weighted by molar-refractivity contribution is 5.91. The summed E-state index contributed by atoms with van der Waals surface area (Å²) in [6.07, 6.45) is 1.21. The van der Waals surface area contributed by atoms with E-state index in [0.717, 1.165) is 5.56 Å². The van der Waals surface area contributed by atoms with Gasteiger partial charge in [-0.1, -0.05) is 11.2 Å². The van der Waals surface area contributed by atoms with Crippen LogP contribution in [-0.2, 0) is 11.3 Å². The van der Waals surface area contributed by atoms with Gasteiger partial charge in [0.25, 0.3) is 0 Å². The molecule has 0 atom stereocenters. The number of nitrogens with zero attached hydrogens (tertiary/aromatic N) is 2. The largest absolute Gasteiger partial charge is 0.493 e. The van der Waals surface area contributed by atoms with E-state index in [1.807, 2.05) is 12.1 Å². The van der Waals surface area contributed by atoms with Crippen molar-refractivity contribution in [2.24, 2.45) is 5.92 Å². The molecule has 9 heteroatoms. The maximum absolute atomic E-state index is 12.5. The van der Waals surface area contributed by atoms with E-state index < -0.39 is 0 Å². The number of methoxy groups -OCH3 is 2. The molecule has 0 saturated carbocycles. The molecule has 2 aromatic rings. The summed E-state index contributed by atoms with van der Waals surface area (Å²) in [5.74, 6) is 2.08. The number of aromatic nitrogens is 1. The Labute approximate surface area is 169 Å². The van der Waals surface area contributed by atoms with E-state index in [9.17, 15) is 9.59 Å². The Morgan fingerprint density at radius 3 is 2.52 bits per heavy atom. The molecular formula is C20H26N4O5. The maximum Gasteiger partial charge on any atom is 0.317 e. The number of aryl methyl sites for hydroxylation is 1. The summed E-state index contributed by atoms with van der Waals surface area (Å²) in [5, 5.41) is 9.44. The van der Waals surface area contributed by atoms with Crippen LogP contribution >= 0.6 is 0 Å². The predicted molar refractivity (Wildman–Crippen MR) is 106 cm³/mol. The first kappa shape index (κ1) is 20.5. The molecule has 0 radical (unpaired) electrons. The number of benzene rings is 1. The van der Waals surface area contributed by atoms with E-state index in [2.05, 4.69) is 15.8 Å². The highest BCUT2D eigenvalue weighted by Gasteiger charge is 2.27. The lowest BCUT2D eigenvalue weighted by atomic mass is 9.96. The topological polar surface area (TPSA) is 106 Å². The van der Waals surface area contributed by atoms with Gasteiger partial charge in [0.1, 0.15) is 5.76 Å². The zero-order valence-electron chi connectivity index (χ0n) is 16.9. The number of hydrogen-bond donors (Lipinski definition) is 2. The van der Waals surface area contributed by atoms with E-state index in [4.69, 9.17) is 14.0 Å². The Morgan fingerprint density at radius 2 is 1.90 bits per heavy atom. The van der Waals surface area contributed by atoms with Gasteiger partial charge < -0.3 is 29.5 Å². The minimum absolute atomic E-state index is 0.0938. The Kier molecular flexibility index (Phi) is 6.58. The summed E-state index contributed by atoms with van der Waals surface area (Å²) < 4.78 is 15.5. The summed E-state index contributed by atoms with van der Waals surface area (Å²) in [5.41, 5.74) is 0.910. The molecule has 2 heterocycles. The molecule has 9 nitrogen and oxygen atoms in total. The van der Waals surface area contributed by atoms with Crippen LogP contribution in [0, 0.1) is 12.8 Å². The summed E-state index contributed by atoms with van der Waals surface area (Å²) >= 11 is 0. The first-order valence-corrected chi connectivity index (χ1v) is 9.48. The van der Waals surface area contributed by atoms with Gasteiger partial charge in [-0.05, 0) is 37.5 Å². The fourth-order valence-electron chi connectivity index (χ4n) is 3.28. The molecule has 1 aromatic heterocycles. The van der Waals surface area contributed by atoms with Crippen molar-refractivity contribution >= 4 is 17.8 Å². The highest BCUT2D eigenvalue weighted by Crippen LogP contribution is 2.27. The number of carbonyl (C=O) groups is 2. The van der Waals surface area contributed by atoms with Crippen molar-refractivity contribution < 1.29 is 23.6 Å². The van der Waals surface area contributed by atoms with Crippen molar-refractivity contribution in [1.29, 1.82) is 0 Å². The predicted octanol–water partition coefficient (Wildman–Crippen LogP) is 2.56. The van der Waals surface area contributed by atoms with Crippen LogP contribution in [0.2, 0.25) is 0 Å². The molecule has 1 aromatic carbocycles. The Morgan fingerprint density at radius 1 is 1.17 bits per heavy atom. The Bertz CT molecular complexity index is 858. The van der Waals surface area contributed by atoms with Crippen molar-refractivity contribution in [3.05, 3.63) is 35.6 Å². The van der Waals surface area contributed by atoms with Crippen molar-refractivity contribution in [2.45, 2.75) is 26.3 Å².